The molecule has 0 saturated heterocycles. The zero-order valence-electron chi connectivity index (χ0n) is 3.60. The monoisotopic (exact) mass is 86.0 g/mol. The van der Waals surface area contributed by atoms with Crippen molar-refractivity contribution in [1.29, 1.82) is 0 Å². The Kier molecular flexibility index (Phi) is 300. The number of aliphatic hydroxyl groups is 2. The smallest absolute Gasteiger partial charge is 0.569 e. The molecule has 0 amide bonds. The van der Waals surface area contributed by atoms with E-state index in [4.69, 9.17) is 10.2 Å². The molecule has 2 N–H and O–H groups in total. The molecule has 28 valence electrons. The van der Waals surface area contributed by atoms with Gasteiger partial charge in [0.05, 0.1) is 0 Å². The van der Waals surface area contributed by atoms with Crippen molar-refractivity contribution in [2.24, 2.45) is 0 Å². The molecule has 0 unspecified atom stereocenters. The number of aliphatic hydroxyl groups excluding tert-OH is 2. The third-order valence-electron chi connectivity index (χ3n) is 0. The molecule has 0 aliphatic carbocycles. The first kappa shape index (κ1) is 16.8. The van der Waals surface area contributed by atoms with Crippen molar-refractivity contribution < 1.29 is 39.8 Å². The van der Waals surface area contributed by atoms with Crippen molar-refractivity contribution in [2.75, 3.05) is 7.11 Å². The summed E-state index contributed by atoms with van der Waals surface area (Å²) in [4.78, 5) is 0. The summed E-state index contributed by atoms with van der Waals surface area (Å²) in [6.07, 6.45) is 0. The fourth-order valence-corrected chi connectivity index (χ4v) is 0. The molecule has 0 aromatic carbocycles. The largest absolute Gasteiger partial charge is 1.00 e. The van der Waals surface area contributed by atoms with E-state index in [2.05, 4.69) is 7.11 Å². The molecule has 0 bridgehead atoms. The molecule has 0 aromatic heterocycles. The van der Waals surface area contributed by atoms with Crippen molar-refractivity contribution in [3.8, 4) is 0 Å². The van der Waals surface area contributed by atoms with Gasteiger partial charge in [-0.25, -0.2) is 7.11 Å². The fraction of sp³-hybridized carbons (Fsp3) is 0.500. The van der Waals surface area contributed by atoms with Gasteiger partial charge >= 0.3 is 29.6 Å². The van der Waals surface area contributed by atoms with Gasteiger partial charge in [0.1, 0.15) is 0 Å². The van der Waals surface area contributed by atoms with E-state index in [1.54, 1.807) is 0 Å². The predicted molar refractivity (Wildman–Crippen MR) is 15.4 cm³/mol. The van der Waals surface area contributed by atoms with Crippen molar-refractivity contribution in [3.63, 3.8) is 0 Å². The standard InChI is InChI=1S/CH4O.CH3O.Na/c2*1-2;/h2H,1H3;2H,1H2;/q;-1;+1. The zero-order valence-corrected chi connectivity index (χ0v) is 5.60. The SMILES string of the molecule is CO.[CH2-]O.[Na+]. The third kappa shape index (κ3) is 49.6. The normalized spacial score (nSPS) is 2.40. The second kappa shape index (κ2) is 89.3. The molecule has 0 rings (SSSR count). The van der Waals surface area contributed by atoms with Crippen LogP contribution < -0.4 is 29.6 Å². The molecule has 0 aromatic rings. The van der Waals surface area contributed by atoms with E-state index in [0.29, 0.717) is 0 Å². The van der Waals surface area contributed by atoms with E-state index in [1.165, 1.54) is 0 Å². The summed E-state index contributed by atoms with van der Waals surface area (Å²) in [6, 6.07) is 0. The summed E-state index contributed by atoms with van der Waals surface area (Å²) >= 11 is 0. The van der Waals surface area contributed by atoms with Crippen LogP contribution in [0.1, 0.15) is 0 Å². The minimum Gasteiger partial charge on any atom is -0.569 e. The quantitative estimate of drug-likeness (QED) is 0.240. The minimum absolute atomic E-state index is 0. The van der Waals surface area contributed by atoms with Gasteiger partial charge in [-0.15, -0.1) is 0 Å². The first-order valence-electron chi connectivity index (χ1n) is 0.763. The van der Waals surface area contributed by atoms with Crippen LogP contribution in [0.15, 0.2) is 0 Å². The molecule has 0 fully saturated rings. The van der Waals surface area contributed by atoms with Crippen LogP contribution in [0.2, 0.25) is 0 Å². The molecule has 0 radical (unpaired) electrons. The molecule has 3 heteroatoms. The van der Waals surface area contributed by atoms with Gasteiger partial charge in [-0.2, -0.15) is 0 Å². The maximum atomic E-state index is 7.00. The molecule has 0 spiro atoms. The zero-order chi connectivity index (χ0) is 4.00. The maximum Gasteiger partial charge on any atom is 1.00 e. The van der Waals surface area contributed by atoms with Crippen LogP contribution in [0.25, 0.3) is 0 Å². The number of hydrogen-bond acceptors (Lipinski definition) is 2. The molecular formula is C2H7NaO2. The topological polar surface area (TPSA) is 40.5 Å². The molecule has 0 aliphatic heterocycles. The van der Waals surface area contributed by atoms with E-state index in [9.17, 15) is 0 Å². The average Bonchev–Trinajstić information content (AvgIpc) is 1.50. The maximum absolute atomic E-state index is 7.00. The van der Waals surface area contributed by atoms with Crippen molar-refractivity contribution >= 4 is 0 Å². The fourth-order valence-electron chi connectivity index (χ4n) is 0. The van der Waals surface area contributed by atoms with Crippen LogP contribution in [0, 0.1) is 7.11 Å². The summed E-state index contributed by atoms with van der Waals surface area (Å²) in [5.41, 5.74) is 0. The van der Waals surface area contributed by atoms with Crippen LogP contribution in [0.5, 0.6) is 0 Å². The summed E-state index contributed by atoms with van der Waals surface area (Å²) < 4.78 is 0. The van der Waals surface area contributed by atoms with Crippen LogP contribution in [0.4, 0.5) is 0 Å². The molecule has 0 heterocycles. The van der Waals surface area contributed by atoms with Crippen molar-refractivity contribution in [1.82, 2.24) is 0 Å². The second-order valence-corrected chi connectivity index (χ2v) is 0. The van der Waals surface area contributed by atoms with Crippen LogP contribution in [0.3, 0.4) is 0 Å². The van der Waals surface area contributed by atoms with Gasteiger partial charge < -0.3 is 10.2 Å². The molecule has 0 atom stereocenters. The van der Waals surface area contributed by atoms with Gasteiger partial charge in [0.2, 0.25) is 0 Å². The van der Waals surface area contributed by atoms with Gasteiger partial charge in [-0.1, -0.05) is 0 Å². The molecule has 5 heavy (non-hydrogen) atoms. The molecule has 2 nitrogen and oxygen atoms in total. The van der Waals surface area contributed by atoms with Gasteiger partial charge in [0.15, 0.2) is 0 Å². The first-order chi connectivity index (χ1) is 2.00. The third-order valence-corrected chi connectivity index (χ3v) is 0. The van der Waals surface area contributed by atoms with Crippen LogP contribution >= 0.6 is 0 Å². The summed E-state index contributed by atoms with van der Waals surface area (Å²) in [5, 5.41) is 13.8. The molecule has 0 saturated carbocycles. The average molecular weight is 86.1 g/mol. The summed E-state index contributed by atoms with van der Waals surface area (Å²) in [5.74, 6) is 0. The Balaban J connectivity index is -0.0000000133. The van der Waals surface area contributed by atoms with E-state index >= 15 is 0 Å². The summed E-state index contributed by atoms with van der Waals surface area (Å²) in [6.45, 7) is 0. The van der Waals surface area contributed by atoms with E-state index in [1.807, 2.05) is 0 Å². The summed E-state index contributed by atoms with van der Waals surface area (Å²) in [7, 11) is 3.25. The van der Waals surface area contributed by atoms with Crippen LogP contribution in [-0.2, 0) is 0 Å². The second-order valence-electron chi connectivity index (χ2n) is 0. The Morgan fingerprint density at radius 1 is 1.20 bits per heavy atom. The molecule has 0 aliphatic rings. The van der Waals surface area contributed by atoms with E-state index in [0.717, 1.165) is 7.11 Å². The van der Waals surface area contributed by atoms with Gasteiger partial charge in [-0.3, -0.25) is 0 Å². The Morgan fingerprint density at radius 2 is 1.20 bits per heavy atom. The minimum atomic E-state index is 0. The Labute approximate surface area is 54.1 Å². The van der Waals surface area contributed by atoms with Crippen LogP contribution in [-0.4, -0.2) is 17.3 Å². The number of hydrogen-bond donors (Lipinski definition) is 2. The Bertz CT molecular complexity index is 7.61. The van der Waals surface area contributed by atoms with Gasteiger partial charge in [-0.05, 0) is 0 Å². The number of rotatable bonds is 0. The first-order valence-corrected chi connectivity index (χ1v) is 0.763. The van der Waals surface area contributed by atoms with E-state index < -0.39 is 0 Å². The van der Waals surface area contributed by atoms with Gasteiger partial charge in [0, 0.05) is 7.11 Å². The Hall–Kier alpha value is 0.920. The van der Waals surface area contributed by atoms with Crippen molar-refractivity contribution in [3.05, 3.63) is 7.11 Å². The van der Waals surface area contributed by atoms with E-state index in [-0.39, 0.29) is 29.6 Å². The Morgan fingerprint density at radius 3 is 1.20 bits per heavy atom. The van der Waals surface area contributed by atoms with Crippen molar-refractivity contribution in [2.45, 2.75) is 0 Å². The van der Waals surface area contributed by atoms with Gasteiger partial charge in [0.25, 0.3) is 0 Å². The molecular weight excluding hydrogens is 79.0 g/mol. The predicted octanol–water partition coefficient (Wildman–Crippen LogP) is -3.24.